The topological polar surface area (TPSA) is 108 Å². The molecule has 10 heteroatoms. The fourth-order valence-electron chi connectivity index (χ4n) is 2.51. The van der Waals surface area contributed by atoms with E-state index in [9.17, 15) is 28.5 Å². The molecule has 0 radical (unpaired) electrons. The Labute approximate surface area is 158 Å². The molecule has 28 heavy (non-hydrogen) atoms. The van der Waals surface area contributed by atoms with Gasteiger partial charge in [0.05, 0.1) is 24.7 Å². The summed E-state index contributed by atoms with van der Waals surface area (Å²) in [5.41, 5.74) is -0.603. The molecule has 1 N–H and O–H groups in total. The number of ether oxygens (including phenoxy) is 2. The number of carbonyl (C=O) groups excluding carboxylic acids is 2. The minimum Gasteiger partial charge on any atom is -0.496 e. The second kappa shape index (κ2) is 8.89. The molecule has 148 valence electrons. The number of rotatable bonds is 7. The molecule has 0 aliphatic heterocycles. The number of hydrogen-bond donors (Lipinski definition) is 1. The first-order valence-electron chi connectivity index (χ1n) is 7.92. The van der Waals surface area contributed by atoms with Crippen LogP contribution < -0.4 is 10.1 Å². The second-order valence-electron chi connectivity index (χ2n) is 5.61. The molecule has 2 rings (SSSR count). The van der Waals surface area contributed by atoms with Crippen molar-refractivity contribution in [2.75, 3.05) is 14.2 Å². The summed E-state index contributed by atoms with van der Waals surface area (Å²) in [7, 11) is 2.41. The first-order chi connectivity index (χ1) is 13.3. The van der Waals surface area contributed by atoms with Gasteiger partial charge in [-0.15, -0.1) is 0 Å². The quantitative estimate of drug-likeness (QED) is 0.439. The van der Waals surface area contributed by atoms with Gasteiger partial charge in [-0.1, -0.05) is 6.07 Å². The number of carbonyl (C=O) groups is 2. The van der Waals surface area contributed by atoms with E-state index in [4.69, 9.17) is 4.74 Å². The maximum atomic E-state index is 13.8. The van der Waals surface area contributed by atoms with Crippen LogP contribution in [0.25, 0.3) is 0 Å². The van der Waals surface area contributed by atoms with Crippen molar-refractivity contribution in [3.8, 4) is 5.75 Å². The van der Waals surface area contributed by atoms with Crippen molar-refractivity contribution in [3.63, 3.8) is 0 Å². The minimum atomic E-state index is -1.36. The SMILES string of the molecule is COC(=O)[C@H](Cc1cc([N+](=O)[O-])ccc1OC)NC(=O)c1cccc(F)c1F. The van der Waals surface area contributed by atoms with E-state index in [2.05, 4.69) is 10.1 Å². The molecule has 0 unspecified atom stereocenters. The number of nitrogens with one attached hydrogen (secondary N) is 1. The lowest BCUT2D eigenvalue weighted by Crippen LogP contribution is -2.43. The smallest absolute Gasteiger partial charge is 0.328 e. The second-order valence-corrected chi connectivity index (χ2v) is 5.61. The van der Waals surface area contributed by atoms with Crippen LogP contribution in [0.1, 0.15) is 15.9 Å². The molecular formula is C18H16F2N2O6. The number of nitrogens with zero attached hydrogens (tertiary/aromatic N) is 1. The van der Waals surface area contributed by atoms with E-state index in [1.165, 1.54) is 25.3 Å². The zero-order chi connectivity index (χ0) is 20.8. The number of hydrogen-bond acceptors (Lipinski definition) is 6. The Kier molecular flexibility index (Phi) is 6.59. The van der Waals surface area contributed by atoms with Crippen LogP contribution in [0.4, 0.5) is 14.5 Å². The van der Waals surface area contributed by atoms with E-state index >= 15 is 0 Å². The summed E-state index contributed by atoms with van der Waals surface area (Å²) in [6, 6.07) is 5.46. The van der Waals surface area contributed by atoms with Crippen molar-refractivity contribution in [1.82, 2.24) is 5.32 Å². The summed E-state index contributed by atoms with van der Waals surface area (Å²) in [6.07, 6.45) is -0.236. The average Bonchev–Trinajstić information content (AvgIpc) is 2.68. The highest BCUT2D eigenvalue weighted by Gasteiger charge is 2.26. The highest BCUT2D eigenvalue weighted by atomic mass is 19.2. The largest absolute Gasteiger partial charge is 0.496 e. The molecule has 2 aromatic rings. The molecule has 0 heterocycles. The van der Waals surface area contributed by atoms with Crippen LogP contribution in [-0.4, -0.2) is 37.1 Å². The van der Waals surface area contributed by atoms with Gasteiger partial charge in [-0.25, -0.2) is 13.6 Å². The van der Waals surface area contributed by atoms with Crippen LogP contribution >= 0.6 is 0 Å². The van der Waals surface area contributed by atoms with Gasteiger partial charge in [0.25, 0.3) is 11.6 Å². The highest BCUT2D eigenvalue weighted by molar-refractivity contribution is 5.97. The highest BCUT2D eigenvalue weighted by Crippen LogP contribution is 2.25. The third-order valence-electron chi connectivity index (χ3n) is 3.89. The van der Waals surface area contributed by atoms with E-state index in [0.717, 1.165) is 25.3 Å². The molecule has 0 aliphatic rings. The van der Waals surface area contributed by atoms with Crippen molar-refractivity contribution in [2.45, 2.75) is 12.5 Å². The number of nitro benzene ring substituents is 1. The van der Waals surface area contributed by atoms with Crippen LogP contribution in [0.3, 0.4) is 0 Å². The van der Waals surface area contributed by atoms with Gasteiger partial charge in [0.15, 0.2) is 11.6 Å². The number of esters is 1. The lowest BCUT2D eigenvalue weighted by atomic mass is 10.0. The van der Waals surface area contributed by atoms with E-state index in [-0.39, 0.29) is 23.4 Å². The number of nitro groups is 1. The summed E-state index contributed by atoms with van der Waals surface area (Å²) in [4.78, 5) is 34.7. The van der Waals surface area contributed by atoms with Gasteiger partial charge >= 0.3 is 5.97 Å². The maximum Gasteiger partial charge on any atom is 0.328 e. The van der Waals surface area contributed by atoms with Crippen molar-refractivity contribution < 1.29 is 32.8 Å². The van der Waals surface area contributed by atoms with Gasteiger partial charge in [-0.3, -0.25) is 14.9 Å². The van der Waals surface area contributed by atoms with E-state index in [1.807, 2.05) is 0 Å². The number of amides is 1. The number of benzene rings is 2. The van der Waals surface area contributed by atoms with Gasteiger partial charge in [-0.2, -0.15) is 0 Å². The van der Waals surface area contributed by atoms with Crippen LogP contribution in [0.2, 0.25) is 0 Å². The van der Waals surface area contributed by atoms with Gasteiger partial charge in [0, 0.05) is 24.1 Å². The van der Waals surface area contributed by atoms with E-state index in [1.54, 1.807) is 0 Å². The Hall–Kier alpha value is -3.56. The Morgan fingerprint density at radius 1 is 1.21 bits per heavy atom. The summed E-state index contributed by atoms with van der Waals surface area (Å²) in [5, 5.41) is 13.2. The van der Waals surface area contributed by atoms with Gasteiger partial charge in [0.2, 0.25) is 0 Å². The molecule has 1 amide bonds. The van der Waals surface area contributed by atoms with E-state index < -0.39 is 40.0 Å². The zero-order valence-corrected chi connectivity index (χ0v) is 14.9. The molecule has 0 saturated carbocycles. The van der Waals surface area contributed by atoms with Crippen LogP contribution in [0.5, 0.6) is 5.75 Å². The standard InChI is InChI=1S/C18H16F2N2O6/c1-27-15-7-6-11(22(25)26)8-10(15)9-14(18(24)28-2)21-17(23)12-4-3-5-13(19)16(12)20/h3-8,14H,9H2,1-2H3,(H,21,23)/t14-/m0/s1. The van der Waals surface area contributed by atoms with Gasteiger partial charge < -0.3 is 14.8 Å². The molecule has 0 aromatic heterocycles. The lowest BCUT2D eigenvalue weighted by molar-refractivity contribution is -0.384. The molecule has 0 bridgehead atoms. The molecule has 8 nitrogen and oxygen atoms in total. The Morgan fingerprint density at radius 2 is 1.93 bits per heavy atom. The third kappa shape index (κ3) is 4.58. The van der Waals surface area contributed by atoms with Crippen LogP contribution in [0, 0.1) is 21.7 Å². The number of halogens is 2. The average molecular weight is 394 g/mol. The lowest BCUT2D eigenvalue weighted by Gasteiger charge is -2.18. The van der Waals surface area contributed by atoms with Crippen molar-refractivity contribution in [1.29, 1.82) is 0 Å². The van der Waals surface area contributed by atoms with E-state index in [0.29, 0.717) is 0 Å². The fourth-order valence-corrected chi connectivity index (χ4v) is 2.51. The summed E-state index contributed by atoms with van der Waals surface area (Å²) in [6.45, 7) is 0. The van der Waals surface area contributed by atoms with Crippen LogP contribution in [0.15, 0.2) is 36.4 Å². The Balaban J connectivity index is 2.34. The maximum absolute atomic E-state index is 13.8. The zero-order valence-electron chi connectivity index (χ0n) is 14.9. The minimum absolute atomic E-state index is 0.236. The van der Waals surface area contributed by atoms with Crippen molar-refractivity contribution in [2.24, 2.45) is 0 Å². The van der Waals surface area contributed by atoms with Crippen molar-refractivity contribution in [3.05, 3.63) is 69.3 Å². The summed E-state index contributed by atoms with van der Waals surface area (Å²) < 4.78 is 36.9. The molecule has 0 spiro atoms. The molecule has 2 aromatic carbocycles. The molecule has 1 atom stereocenters. The van der Waals surface area contributed by atoms with Gasteiger partial charge in [-0.05, 0) is 18.2 Å². The Bertz CT molecular complexity index is 919. The summed E-state index contributed by atoms with van der Waals surface area (Å²) >= 11 is 0. The normalized spacial score (nSPS) is 11.4. The van der Waals surface area contributed by atoms with Crippen molar-refractivity contribution >= 4 is 17.6 Å². The monoisotopic (exact) mass is 394 g/mol. The third-order valence-corrected chi connectivity index (χ3v) is 3.89. The number of methoxy groups -OCH3 is 2. The number of non-ortho nitro benzene ring substituents is 1. The predicted molar refractivity (Wildman–Crippen MR) is 93.0 cm³/mol. The summed E-state index contributed by atoms with van der Waals surface area (Å²) in [5.74, 6) is -4.26. The molecule has 0 aliphatic carbocycles. The molecular weight excluding hydrogens is 378 g/mol. The first-order valence-corrected chi connectivity index (χ1v) is 7.92. The molecule has 0 fully saturated rings. The van der Waals surface area contributed by atoms with Gasteiger partial charge in [0.1, 0.15) is 11.8 Å². The first kappa shape index (κ1) is 20.7. The van der Waals surface area contributed by atoms with Crippen LogP contribution in [-0.2, 0) is 16.0 Å². The predicted octanol–water partition coefficient (Wildman–Crippen LogP) is 2.40. The Morgan fingerprint density at radius 3 is 2.54 bits per heavy atom. The molecule has 0 saturated heterocycles. The fraction of sp³-hybridized carbons (Fsp3) is 0.222.